The second kappa shape index (κ2) is 6.40. The minimum absolute atomic E-state index is 0.144. The molecule has 0 saturated carbocycles. The average molecular weight is 273 g/mol. The standard InChI is InChI=1S/C17H27N3/c1-3-17(4-2)9-11-20(12-10-17)13-14-5-7-15(8-6-14)16(18)19/h5-8H,3-4,9-13H2,1-2H3,(H3,18,19). The van der Waals surface area contributed by atoms with E-state index in [0.29, 0.717) is 5.41 Å². The first-order chi connectivity index (χ1) is 9.58. The van der Waals surface area contributed by atoms with Crippen molar-refractivity contribution < 1.29 is 0 Å². The third-order valence-electron chi connectivity index (χ3n) is 5.09. The number of likely N-dealkylation sites (tertiary alicyclic amines) is 1. The molecule has 1 aromatic carbocycles. The summed E-state index contributed by atoms with van der Waals surface area (Å²) in [6.45, 7) is 8.09. The molecule has 1 aliphatic rings. The number of amidine groups is 1. The number of nitrogens with one attached hydrogen (secondary N) is 1. The highest BCUT2D eigenvalue weighted by molar-refractivity contribution is 5.94. The number of hydrogen-bond acceptors (Lipinski definition) is 2. The second-order valence-corrected chi connectivity index (χ2v) is 6.09. The van der Waals surface area contributed by atoms with Crippen molar-refractivity contribution in [3.63, 3.8) is 0 Å². The summed E-state index contributed by atoms with van der Waals surface area (Å²) in [6.07, 6.45) is 5.27. The Morgan fingerprint density at radius 3 is 2.15 bits per heavy atom. The van der Waals surface area contributed by atoms with Crippen molar-refractivity contribution in [2.75, 3.05) is 13.1 Å². The molecule has 2 rings (SSSR count). The predicted molar refractivity (Wildman–Crippen MR) is 85.0 cm³/mol. The Hall–Kier alpha value is -1.35. The van der Waals surface area contributed by atoms with Crippen LogP contribution in [0.2, 0.25) is 0 Å². The molecule has 1 aromatic rings. The molecule has 20 heavy (non-hydrogen) atoms. The van der Waals surface area contributed by atoms with Crippen LogP contribution in [0, 0.1) is 10.8 Å². The van der Waals surface area contributed by atoms with E-state index in [1.165, 1.54) is 44.3 Å². The number of benzene rings is 1. The molecule has 0 atom stereocenters. The molecule has 1 fully saturated rings. The van der Waals surface area contributed by atoms with Crippen LogP contribution in [0.3, 0.4) is 0 Å². The molecule has 0 aromatic heterocycles. The van der Waals surface area contributed by atoms with Crippen LogP contribution in [0.5, 0.6) is 0 Å². The molecule has 1 saturated heterocycles. The van der Waals surface area contributed by atoms with Crippen molar-refractivity contribution >= 4 is 5.84 Å². The Labute approximate surface area is 122 Å². The van der Waals surface area contributed by atoms with Crippen LogP contribution in [0.1, 0.15) is 50.7 Å². The quantitative estimate of drug-likeness (QED) is 0.638. The Morgan fingerprint density at radius 2 is 1.70 bits per heavy atom. The minimum Gasteiger partial charge on any atom is -0.384 e. The average Bonchev–Trinajstić information content (AvgIpc) is 2.49. The topological polar surface area (TPSA) is 53.1 Å². The van der Waals surface area contributed by atoms with Gasteiger partial charge in [-0.1, -0.05) is 51.0 Å². The fourth-order valence-electron chi connectivity index (χ4n) is 3.19. The lowest BCUT2D eigenvalue weighted by Crippen LogP contribution is -2.39. The normalized spacial score (nSPS) is 18.9. The summed E-state index contributed by atoms with van der Waals surface area (Å²) in [5.41, 5.74) is 8.20. The highest BCUT2D eigenvalue weighted by atomic mass is 15.1. The van der Waals surface area contributed by atoms with Gasteiger partial charge in [0.05, 0.1) is 0 Å². The summed E-state index contributed by atoms with van der Waals surface area (Å²) >= 11 is 0. The molecule has 3 nitrogen and oxygen atoms in total. The van der Waals surface area contributed by atoms with E-state index in [1.807, 2.05) is 12.1 Å². The molecule has 3 heteroatoms. The zero-order chi connectivity index (χ0) is 14.6. The summed E-state index contributed by atoms with van der Waals surface area (Å²) in [7, 11) is 0. The SMILES string of the molecule is CCC1(CC)CCN(Cc2ccc(C(=N)N)cc2)CC1. The van der Waals surface area contributed by atoms with E-state index in [2.05, 4.69) is 30.9 Å². The minimum atomic E-state index is 0.144. The van der Waals surface area contributed by atoms with Crippen LogP contribution >= 0.6 is 0 Å². The summed E-state index contributed by atoms with van der Waals surface area (Å²) < 4.78 is 0. The van der Waals surface area contributed by atoms with Crippen molar-refractivity contribution in [1.29, 1.82) is 5.41 Å². The maximum Gasteiger partial charge on any atom is 0.122 e. The summed E-state index contributed by atoms with van der Waals surface area (Å²) in [4.78, 5) is 2.55. The third kappa shape index (κ3) is 3.40. The highest BCUT2D eigenvalue weighted by Gasteiger charge is 2.30. The van der Waals surface area contributed by atoms with Gasteiger partial charge in [-0.05, 0) is 36.9 Å². The predicted octanol–water partition coefficient (Wildman–Crippen LogP) is 3.37. The van der Waals surface area contributed by atoms with Crippen molar-refractivity contribution in [1.82, 2.24) is 4.90 Å². The largest absolute Gasteiger partial charge is 0.384 e. The van der Waals surface area contributed by atoms with Gasteiger partial charge >= 0.3 is 0 Å². The fraction of sp³-hybridized carbons (Fsp3) is 0.588. The van der Waals surface area contributed by atoms with Crippen LogP contribution < -0.4 is 5.73 Å². The zero-order valence-electron chi connectivity index (χ0n) is 12.8. The second-order valence-electron chi connectivity index (χ2n) is 6.09. The first-order valence-electron chi connectivity index (χ1n) is 7.74. The van der Waals surface area contributed by atoms with Crippen LogP contribution in [-0.4, -0.2) is 23.8 Å². The lowest BCUT2D eigenvalue weighted by Gasteiger charge is -2.41. The Balaban J connectivity index is 1.91. The summed E-state index contributed by atoms with van der Waals surface area (Å²) in [5.74, 6) is 0.144. The maximum atomic E-state index is 7.41. The van der Waals surface area contributed by atoms with Crippen LogP contribution in [0.4, 0.5) is 0 Å². The van der Waals surface area contributed by atoms with Gasteiger partial charge in [-0.15, -0.1) is 0 Å². The van der Waals surface area contributed by atoms with Gasteiger partial charge in [0, 0.05) is 12.1 Å². The van der Waals surface area contributed by atoms with Crippen molar-refractivity contribution in [2.45, 2.75) is 46.1 Å². The smallest absolute Gasteiger partial charge is 0.122 e. The molecule has 0 aliphatic carbocycles. The number of rotatable bonds is 5. The van der Waals surface area contributed by atoms with Crippen LogP contribution in [0.15, 0.2) is 24.3 Å². The van der Waals surface area contributed by atoms with Gasteiger partial charge in [0.2, 0.25) is 0 Å². The highest BCUT2D eigenvalue weighted by Crippen LogP contribution is 2.38. The van der Waals surface area contributed by atoms with Gasteiger partial charge in [-0.2, -0.15) is 0 Å². The van der Waals surface area contributed by atoms with Gasteiger partial charge in [0.15, 0.2) is 0 Å². The molecule has 3 N–H and O–H groups in total. The van der Waals surface area contributed by atoms with E-state index in [4.69, 9.17) is 11.1 Å². The van der Waals surface area contributed by atoms with E-state index < -0.39 is 0 Å². The molecular weight excluding hydrogens is 246 g/mol. The first-order valence-corrected chi connectivity index (χ1v) is 7.74. The molecule has 1 aliphatic heterocycles. The number of nitrogens with two attached hydrogens (primary N) is 1. The Bertz CT molecular complexity index is 436. The van der Waals surface area contributed by atoms with E-state index in [1.54, 1.807) is 0 Å². The van der Waals surface area contributed by atoms with Gasteiger partial charge in [0.25, 0.3) is 0 Å². The van der Waals surface area contributed by atoms with Gasteiger partial charge in [-0.25, -0.2) is 0 Å². The Morgan fingerprint density at radius 1 is 1.15 bits per heavy atom. The maximum absolute atomic E-state index is 7.41. The summed E-state index contributed by atoms with van der Waals surface area (Å²) in [5, 5.41) is 7.41. The fourth-order valence-corrected chi connectivity index (χ4v) is 3.19. The third-order valence-corrected chi connectivity index (χ3v) is 5.09. The lowest BCUT2D eigenvalue weighted by atomic mass is 9.74. The zero-order valence-corrected chi connectivity index (χ0v) is 12.8. The lowest BCUT2D eigenvalue weighted by molar-refractivity contribution is 0.0909. The van der Waals surface area contributed by atoms with Crippen molar-refractivity contribution in [3.8, 4) is 0 Å². The van der Waals surface area contributed by atoms with Gasteiger partial charge in [-0.3, -0.25) is 10.3 Å². The van der Waals surface area contributed by atoms with Crippen LogP contribution in [-0.2, 0) is 6.54 Å². The number of hydrogen-bond donors (Lipinski definition) is 2. The van der Waals surface area contributed by atoms with Gasteiger partial charge < -0.3 is 5.73 Å². The van der Waals surface area contributed by atoms with Crippen molar-refractivity contribution in [2.24, 2.45) is 11.1 Å². The number of piperidine rings is 1. The van der Waals surface area contributed by atoms with Gasteiger partial charge in [0.1, 0.15) is 5.84 Å². The summed E-state index contributed by atoms with van der Waals surface area (Å²) in [6, 6.07) is 8.09. The van der Waals surface area contributed by atoms with E-state index >= 15 is 0 Å². The molecule has 0 bridgehead atoms. The molecule has 0 radical (unpaired) electrons. The van der Waals surface area contributed by atoms with Crippen molar-refractivity contribution in [3.05, 3.63) is 35.4 Å². The molecule has 1 heterocycles. The van der Waals surface area contributed by atoms with Crippen LogP contribution in [0.25, 0.3) is 0 Å². The van der Waals surface area contributed by atoms with E-state index in [9.17, 15) is 0 Å². The first kappa shape index (κ1) is 15.0. The Kier molecular flexibility index (Phi) is 4.81. The monoisotopic (exact) mass is 273 g/mol. The number of nitrogen functional groups attached to an aromatic ring is 1. The number of nitrogens with zero attached hydrogens (tertiary/aromatic N) is 1. The molecule has 0 spiro atoms. The molecule has 110 valence electrons. The molecule has 0 amide bonds. The molecular formula is C17H27N3. The van der Waals surface area contributed by atoms with E-state index in [-0.39, 0.29) is 5.84 Å². The van der Waals surface area contributed by atoms with E-state index in [0.717, 1.165) is 12.1 Å². The molecule has 0 unspecified atom stereocenters.